The molecule has 0 N–H and O–H groups in total. The SMILES string of the molecule is CCN(Cc1ccc(Br)s1)C(=O)CSc1nnc(-c2ccccc2)o1. The summed E-state index contributed by atoms with van der Waals surface area (Å²) in [6, 6.07) is 13.6. The van der Waals surface area contributed by atoms with Crippen LogP contribution in [-0.4, -0.2) is 33.3 Å². The van der Waals surface area contributed by atoms with Crippen molar-refractivity contribution in [3.8, 4) is 11.5 Å². The topological polar surface area (TPSA) is 59.2 Å². The van der Waals surface area contributed by atoms with Gasteiger partial charge < -0.3 is 9.32 Å². The second-order valence-corrected chi connectivity index (χ2v) is 8.62. The molecule has 0 fully saturated rings. The van der Waals surface area contributed by atoms with Crippen LogP contribution in [0.1, 0.15) is 11.8 Å². The van der Waals surface area contributed by atoms with Gasteiger partial charge in [0, 0.05) is 17.0 Å². The molecular weight excluding hydrogens is 422 g/mol. The fraction of sp³-hybridized carbons (Fsp3) is 0.235. The minimum Gasteiger partial charge on any atom is -0.411 e. The number of hydrogen-bond acceptors (Lipinski definition) is 6. The van der Waals surface area contributed by atoms with Crippen molar-refractivity contribution < 1.29 is 9.21 Å². The lowest BCUT2D eigenvalue weighted by Crippen LogP contribution is -2.31. The zero-order valence-corrected chi connectivity index (χ0v) is 16.7. The summed E-state index contributed by atoms with van der Waals surface area (Å²) < 4.78 is 6.69. The lowest BCUT2D eigenvalue weighted by atomic mass is 10.2. The number of halogens is 1. The van der Waals surface area contributed by atoms with Crippen LogP contribution >= 0.6 is 39.0 Å². The first-order valence-electron chi connectivity index (χ1n) is 7.69. The van der Waals surface area contributed by atoms with Crippen LogP contribution in [0.15, 0.2) is 55.9 Å². The first-order valence-corrected chi connectivity index (χ1v) is 10.3. The van der Waals surface area contributed by atoms with Crippen LogP contribution in [0.4, 0.5) is 0 Å². The lowest BCUT2D eigenvalue weighted by molar-refractivity contribution is -0.128. The smallest absolute Gasteiger partial charge is 0.277 e. The molecule has 3 rings (SSSR count). The van der Waals surface area contributed by atoms with Gasteiger partial charge >= 0.3 is 0 Å². The Bertz CT molecular complexity index is 835. The molecule has 25 heavy (non-hydrogen) atoms. The number of nitrogens with zero attached hydrogens (tertiary/aromatic N) is 3. The van der Waals surface area contributed by atoms with E-state index in [0.717, 1.165) is 14.2 Å². The third-order valence-electron chi connectivity index (χ3n) is 3.46. The highest BCUT2D eigenvalue weighted by Crippen LogP contribution is 2.25. The van der Waals surface area contributed by atoms with Crippen molar-refractivity contribution in [3.63, 3.8) is 0 Å². The maximum Gasteiger partial charge on any atom is 0.277 e. The quantitative estimate of drug-likeness (QED) is 0.501. The number of thiophene rings is 1. The minimum atomic E-state index is 0.0523. The van der Waals surface area contributed by atoms with Crippen molar-refractivity contribution in [2.24, 2.45) is 0 Å². The zero-order valence-electron chi connectivity index (χ0n) is 13.5. The first kappa shape index (κ1) is 18.2. The van der Waals surface area contributed by atoms with Crippen LogP contribution in [-0.2, 0) is 11.3 Å². The van der Waals surface area contributed by atoms with Gasteiger partial charge in [0.05, 0.1) is 16.1 Å². The Labute approximate surface area is 162 Å². The van der Waals surface area contributed by atoms with Crippen LogP contribution in [0, 0.1) is 0 Å². The Hall–Kier alpha value is -1.64. The van der Waals surface area contributed by atoms with E-state index in [9.17, 15) is 4.79 Å². The summed E-state index contributed by atoms with van der Waals surface area (Å²) in [5.41, 5.74) is 0.867. The van der Waals surface area contributed by atoms with E-state index in [1.54, 1.807) is 11.3 Å². The van der Waals surface area contributed by atoms with E-state index in [0.29, 0.717) is 24.2 Å². The molecule has 0 unspecified atom stereocenters. The number of amides is 1. The van der Waals surface area contributed by atoms with Crippen molar-refractivity contribution in [1.82, 2.24) is 15.1 Å². The molecule has 0 bridgehead atoms. The molecule has 3 aromatic rings. The summed E-state index contributed by atoms with van der Waals surface area (Å²) in [5, 5.41) is 8.45. The molecule has 0 saturated carbocycles. The van der Waals surface area contributed by atoms with Gasteiger partial charge in [-0.3, -0.25) is 4.79 Å². The second kappa shape index (κ2) is 8.64. The molecular formula is C17H16BrN3O2S2. The summed E-state index contributed by atoms with van der Waals surface area (Å²) in [6.45, 7) is 3.25. The number of carbonyl (C=O) groups is 1. The van der Waals surface area contributed by atoms with E-state index < -0.39 is 0 Å². The van der Waals surface area contributed by atoms with Crippen molar-refractivity contribution in [2.45, 2.75) is 18.7 Å². The number of carbonyl (C=O) groups excluding carboxylic acids is 1. The monoisotopic (exact) mass is 437 g/mol. The Morgan fingerprint density at radius 1 is 1.24 bits per heavy atom. The summed E-state index contributed by atoms with van der Waals surface area (Å²) in [5.74, 6) is 0.791. The van der Waals surface area contributed by atoms with Gasteiger partial charge in [0.1, 0.15) is 0 Å². The van der Waals surface area contributed by atoms with Gasteiger partial charge in [-0.2, -0.15) is 0 Å². The van der Waals surface area contributed by atoms with Gasteiger partial charge in [0.2, 0.25) is 11.8 Å². The van der Waals surface area contributed by atoms with Crippen LogP contribution in [0.25, 0.3) is 11.5 Å². The molecule has 0 aliphatic carbocycles. The summed E-state index contributed by atoms with van der Waals surface area (Å²) in [6.07, 6.45) is 0. The fourth-order valence-electron chi connectivity index (χ4n) is 2.18. The van der Waals surface area contributed by atoms with E-state index in [4.69, 9.17) is 4.42 Å². The van der Waals surface area contributed by atoms with E-state index in [1.165, 1.54) is 11.8 Å². The maximum atomic E-state index is 12.4. The molecule has 0 aliphatic heterocycles. The van der Waals surface area contributed by atoms with Gasteiger partial charge in [0.25, 0.3) is 5.22 Å². The molecule has 1 amide bonds. The van der Waals surface area contributed by atoms with Gasteiger partial charge in [0.15, 0.2) is 0 Å². The molecule has 2 aromatic heterocycles. The standard InChI is InChI=1S/C17H16BrN3O2S2/c1-2-21(10-13-8-9-14(18)25-13)15(22)11-24-17-20-19-16(23-17)12-6-4-3-5-7-12/h3-9H,2,10-11H2,1H3. The van der Waals surface area contributed by atoms with Crippen LogP contribution in [0.2, 0.25) is 0 Å². The molecule has 0 radical (unpaired) electrons. The van der Waals surface area contributed by atoms with E-state index in [2.05, 4.69) is 26.1 Å². The molecule has 5 nitrogen and oxygen atoms in total. The number of hydrogen-bond donors (Lipinski definition) is 0. The fourth-order valence-corrected chi connectivity index (χ4v) is 4.35. The van der Waals surface area contributed by atoms with E-state index in [1.807, 2.05) is 54.3 Å². The molecule has 0 spiro atoms. The van der Waals surface area contributed by atoms with Gasteiger partial charge in [-0.15, -0.1) is 21.5 Å². The lowest BCUT2D eigenvalue weighted by Gasteiger charge is -2.19. The molecule has 8 heteroatoms. The highest BCUT2D eigenvalue weighted by atomic mass is 79.9. The molecule has 0 aliphatic rings. The molecule has 2 heterocycles. The third-order valence-corrected chi connectivity index (χ3v) is 5.87. The van der Waals surface area contributed by atoms with E-state index >= 15 is 0 Å². The van der Waals surface area contributed by atoms with Gasteiger partial charge in [-0.25, -0.2) is 0 Å². The van der Waals surface area contributed by atoms with Crippen molar-refractivity contribution in [3.05, 3.63) is 51.1 Å². The predicted octanol–water partition coefficient (Wildman–Crippen LogP) is 4.70. The predicted molar refractivity (Wildman–Crippen MR) is 104 cm³/mol. The summed E-state index contributed by atoms with van der Waals surface area (Å²) in [4.78, 5) is 15.4. The Balaban J connectivity index is 1.57. The number of aromatic nitrogens is 2. The minimum absolute atomic E-state index is 0.0523. The Morgan fingerprint density at radius 2 is 2.04 bits per heavy atom. The van der Waals surface area contributed by atoms with Crippen LogP contribution < -0.4 is 0 Å². The third kappa shape index (κ3) is 4.93. The molecule has 1 aromatic carbocycles. The summed E-state index contributed by atoms with van der Waals surface area (Å²) >= 11 is 6.35. The van der Waals surface area contributed by atoms with Crippen molar-refractivity contribution in [1.29, 1.82) is 0 Å². The average Bonchev–Trinajstić information content (AvgIpc) is 3.27. The first-order chi connectivity index (χ1) is 12.2. The van der Waals surface area contributed by atoms with Gasteiger partial charge in [-0.05, 0) is 47.1 Å². The van der Waals surface area contributed by atoms with E-state index in [-0.39, 0.29) is 11.7 Å². The average molecular weight is 438 g/mol. The van der Waals surface area contributed by atoms with Gasteiger partial charge in [-0.1, -0.05) is 30.0 Å². The maximum absolute atomic E-state index is 12.4. The highest BCUT2D eigenvalue weighted by molar-refractivity contribution is 9.11. The number of thioether (sulfide) groups is 1. The Kier molecular flexibility index (Phi) is 6.28. The van der Waals surface area contributed by atoms with Crippen LogP contribution in [0.3, 0.4) is 0 Å². The molecule has 130 valence electrons. The molecule has 0 atom stereocenters. The molecule has 0 saturated heterocycles. The highest BCUT2D eigenvalue weighted by Gasteiger charge is 2.16. The van der Waals surface area contributed by atoms with Crippen LogP contribution in [0.5, 0.6) is 0 Å². The zero-order chi connectivity index (χ0) is 17.6. The largest absolute Gasteiger partial charge is 0.411 e. The number of rotatable bonds is 7. The second-order valence-electron chi connectivity index (χ2n) is 5.14. The summed E-state index contributed by atoms with van der Waals surface area (Å²) in [7, 11) is 0. The van der Waals surface area contributed by atoms with Crippen molar-refractivity contribution in [2.75, 3.05) is 12.3 Å². The normalized spacial score (nSPS) is 10.8. The van der Waals surface area contributed by atoms with Crippen molar-refractivity contribution >= 4 is 44.9 Å². The Morgan fingerprint density at radius 3 is 2.72 bits per heavy atom. The number of benzene rings is 1.